The third kappa shape index (κ3) is 2.61. The number of hydrogen-bond acceptors (Lipinski definition) is 3. The topological polar surface area (TPSA) is 29.5 Å². The highest BCUT2D eigenvalue weighted by Crippen LogP contribution is 2.33. The fourth-order valence-electron chi connectivity index (χ4n) is 2.10. The summed E-state index contributed by atoms with van der Waals surface area (Å²) in [4.78, 5) is 0. The van der Waals surface area contributed by atoms with Gasteiger partial charge in [-0.25, -0.2) is 0 Å². The first-order valence-corrected chi connectivity index (χ1v) is 6.22. The molecular formula is C10H18O2S. The molecule has 0 radical (unpaired) electrons. The van der Waals surface area contributed by atoms with E-state index in [0.29, 0.717) is 11.9 Å². The molecule has 2 atom stereocenters. The molecule has 0 aromatic rings. The zero-order valence-electron chi connectivity index (χ0n) is 7.95. The molecule has 76 valence electrons. The van der Waals surface area contributed by atoms with E-state index in [4.69, 9.17) is 4.74 Å². The van der Waals surface area contributed by atoms with Crippen molar-refractivity contribution < 1.29 is 9.84 Å². The third-order valence-corrected chi connectivity index (χ3v) is 4.58. The molecule has 13 heavy (non-hydrogen) atoms. The Morgan fingerprint density at radius 1 is 1.08 bits per heavy atom. The lowest BCUT2D eigenvalue weighted by atomic mass is 10.0. The fourth-order valence-corrected chi connectivity index (χ4v) is 3.64. The predicted molar refractivity (Wildman–Crippen MR) is 55.1 cm³/mol. The van der Waals surface area contributed by atoms with Gasteiger partial charge in [0.05, 0.1) is 24.6 Å². The minimum Gasteiger partial charge on any atom is -0.389 e. The van der Waals surface area contributed by atoms with Gasteiger partial charge in [-0.15, -0.1) is 11.8 Å². The number of ether oxygens (including phenoxy) is 1. The van der Waals surface area contributed by atoms with Crippen LogP contribution in [0.1, 0.15) is 32.1 Å². The van der Waals surface area contributed by atoms with E-state index < -0.39 is 0 Å². The highest BCUT2D eigenvalue weighted by molar-refractivity contribution is 8.00. The lowest BCUT2D eigenvalue weighted by Crippen LogP contribution is -2.24. The Morgan fingerprint density at radius 3 is 2.46 bits per heavy atom. The van der Waals surface area contributed by atoms with Crippen molar-refractivity contribution in [1.82, 2.24) is 0 Å². The van der Waals surface area contributed by atoms with Crippen LogP contribution in [0.3, 0.4) is 0 Å². The molecule has 2 aliphatic rings. The van der Waals surface area contributed by atoms with Crippen molar-refractivity contribution >= 4 is 11.8 Å². The molecule has 0 unspecified atom stereocenters. The first kappa shape index (κ1) is 9.81. The zero-order chi connectivity index (χ0) is 9.10. The van der Waals surface area contributed by atoms with Crippen molar-refractivity contribution in [1.29, 1.82) is 0 Å². The average molecular weight is 202 g/mol. The molecule has 0 bridgehead atoms. The van der Waals surface area contributed by atoms with E-state index in [-0.39, 0.29) is 6.10 Å². The Kier molecular flexibility index (Phi) is 3.52. The van der Waals surface area contributed by atoms with Crippen LogP contribution in [0.5, 0.6) is 0 Å². The smallest absolute Gasteiger partial charge is 0.0914 e. The molecule has 0 aromatic carbocycles. The second-order valence-electron chi connectivity index (χ2n) is 4.04. The van der Waals surface area contributed by atoms with Gasteiger partial charge >= 0.3 is 0 Å². The van der Waals surface area contributed by atoms with Crippen LogP contribution in [-0.2, 0) is 4.74 Å². The van der Waals surface area contributed by atoms with E-state index in [2.05, 4.69) is 0 Å². The molecule has 1 heterocycles. The van der Waals surface area contributed by atoms with Crippen molar-refractivity contribution in [2.24, 2.45) is 0 Å². The van der Waals surface area contributed by atoms with E-state index in [1.54, 1.807) is 0 Å². The molecular weight excluding hydrogens is 184 g/mol. The second-order valence-corrected chi connectivity index (χ2v) is 5.58. The van der Waals surface area contributed by atoms with E-state index in [9.17, 15) is 5.11 Å². The fraction of sp³-hybridized carbons (Fsp3) is 1.00. The summed E-state index contributed by atoms with van der Waals surface area (Å²) in [7, 11) is 0. The molecule has 0 aromatic heterocycles. The van der Waals surface area contributed by atoms with Gasteiger partial charge < -0.3 is 9.84 Å². The lowest BCUT2D eigenvalue weighted by molar-refractivity contribution is 0.127. The largest absolute Gasteiger partial charge is 0.389 e. The first-order valence-electron chi connectivity index (χ1n) is 5.27. The summed E-state index contributed by atoms with van der Waals surface area (Å²) in [6.45, 7) is 1.30. The summed E-state index contributed by atoms with van der Waals surface area (Å²) < 4.78 is 5.24. The molecule has 1 aliphatic heterocycles. The monoisotopic (exact) mass is 202 g/mol. The van der Waals surface area contributed by atoms with Crippen molar-refractivity contribution in [3.05, 3.63) is 0 Å². The Labute approximate surface area is 84.0 Å². The minimum atomic E-state index is -0.216. The van der Waals surface area contributed by atoms with Crippen molar-refractivity contribution in [2.75, 3.05) is 13.2 Å². The molecule has 1 saturated heterocycles. The number of rotatable bonds is 2. The Hall–Kier alpha value is 0.270. The van der Waals surface area contributed by atoms with E-state index in [1.165, 1.54) is 32.1 Å². The molecule has 2 nitrogen and oxygen atoms in total. The van der Waals surface area contributed by atoms with Crippen molar-refractivity contribution in [3.8, 4) is 0 Å². The average Bonchev–Trinajstić information content (AvgIpc) is 2.54. The minimum absolute atomic E-state index is 0.216. The van der Waals surface area contributed by atoms with Crippen LogP contribution < -0.4 is 0 Å². The van der Waals surface area contributed by atoms with Crippen LogP contribution in [-0.4, -0.2) is 34.9 Å². The summed E-state index contributed by atoms with van der Waals surface area (Å²) in [6, 6.07) is 0. The first-order chi connectivity index (χ1) is 6.36. The Bertz CT molecular complexity index is 157. The van der Waals surface area contributed by atoms with Gasteiger partial charge in [-0.3, -0.25) is 0 Å². The SMILES string of the molecule is O[C@@H]1COC[C@H]1SC1CCCCC1. The number of thioether (sulfide) groups is 1. The summed E-state index contributed by atoms with van der Waals surface area (Å²) >= 11 is 1.96. The number of aliphatic hydroxyl groups is 1. The highest BCUT2D eigenvalue weighted by atomic mass is 32.2. The summed E-state index contributed by atoms with van der Waals surface area (Å²) in [6.07, 6.45) is 6.62. The maximum Gasteiger partial charge on any atom is 0.0914 e. The molecule has 1 saturated carbocycles. The third-order valence-electron chi connectivity index (χ3n) is 2.92. The predicted octanol–water partition coefficient (Wildman–Crippen LogP) is 1.81. The van der Waals surface area contributed by atoms with Crippen molar-refractivity contribution in [3.63, 3.8) is 0 Å². The van der Waals surface area contributed by atoms with Crippen LogP contribution >= 0.6 is 11.8 Å². The quantitative estimate of drug-likeness (QED) is 0.740. The van der Waals surface area contributed by atoms with Gasteiger partial charge in [0.1, 0.15) is 0 Å². The maximum absolute atomic E-state index is 9.57. The van der Waals surface area contributed by atoms with Crippen LogP contribution in [0, 0.1) is 0 Å². The van der Waals surface area contributed by atoms with E-state index in [1.807, 2.05) is 11.8 Å². The van der Waals surface area contributed by atoms with Gasteiger partial charge in [-0.05, 0) is 12.8 Å². The summed E-state index contributed by atoms with van der Waals surface area (Å²) in [5.41, 5.74) is 0. The van der Waals surface area contributed by atoms with Gasteiger partial charge in [0.25, 0.3) is 0 Å². The van der Waals surface area contributed by atoms with Gasteiger partial charge in [0, 0.05) is 5.25 Å². The molecule has 0 spiro atoms. The Balaban J connectivity index is 1.75. The molecule has 0 amide bonds. The van der Waals surface area contributed by atoms with Crippen LogP contribution in [0.2, 0.25) is 0 Å². The normalized spacial score (nSPS) is 36.7. The van der Waals surface area contributed by atoms with Crippen LogP contribution in [0.4, 0.5) is 0 Å². The molecule has 1 N–H and O–H groups in total. The van der Waals surface area contributed by atoms with Crippen LogP contribution in [0.25, 0.3) is 0 Å². The van der Waals surface area contributed by atoms with Gasteiger partial charge in [-0.2, -0.15) is 0 Å². The summed E-state index contributed by atoms with van der Waals surface area (Å²) in [5, 5.41) is 10.7. The summed E-state index contributed by atoms with van der Waals surface area (Å²) in [5.74, 6) is 0. The second kappa shape index (κ2) is 4.67. The van der Waals surface area contributed by atoms with E-state index in [0.717, 1.165) is 11.9 Å². The van der Waals surface area contributed by atoms with Gasteiger partial charge in [0.15, 0.2) is 0 Å². The van der Waals surface area contributed by atoms with Gasteiger partial charge in [-0.1, -0.05) is 19.3 Å². The standard InChI is InChI=1S/C10H18O2S/c11-9-6-12-7-10(9)13-8-4-2-1-3-5-8/h8-11H,1-7H2/t9-,10-/m1/s1. The number of hydrogen-bond donors (Lipinski definition) is 1. The van der Waals surface area contributed by atoms with Gasteiger partial charge in [0.2, 0.25) is 0 Å². The van der Waals surface area contributed by atoms with Crippen molar-refractivity contribution in [2.45, 2.75) is 48.7 Å². The molecule has 2 rings (SSSR count). The molecule has 2 fully saturated rings. The highest BCUT2D eigenvalue weighted by Gasteiger charge is 2.29. The van der Waals surface area contributed by atoms with Crippen LogP contribution in [0.15, 0.2) is 0 Å². The van der Waals surface area contributed by atoms with E-state index >= 15 is 0 Å². The number of aliphatic hydroxyl groups excluding tert-OH is 1. The Morgan fingerprint density at radius 2 is 1.85 bits per heavy atom. The molecule has 1 aliphatic carbocycles. The maximum atomic E-state index is 9.57. The zero-order valence-corrected chi connectivity index (χ0v) is 8.76. The lowest BCUT2D eigenvalue weighted by Gasteiger charge is -2.24. The molecule has 3 heteroatoms.